The molecule has 0 radical (unpaired) electrons. The van der Waals surface area contributed by atoms with Crippen molar-refractivity contribution in [1.29, 1.82) is 0 Å². The van der Waals surface area contributed by atoms with Gasteiger partial charge >= 0.3 is 0 Å². The Hall–Kier alpha value is -2.08. The number of ether oxygens (including phenoxy) is 1. The number of benzene rings is 2. The Balaban J connectivity index is 1.98. The van der Waals surface area contributed by atoms with Gasteiger partial charge in [-0.05, 0) is 35.0 Å². The predicted molar refractivity (Wildman–Crippen MR) is 79.3 cm³/mol. The molecular formula is C14H13BrN2O3. The lowest BCUT2D eigenvalue weighted by Crippen LogP contribution is -2.36. The number of halogens is 1. The molecule has 0 saturated carbocycles. The summed E-state index contributed by atoms with van der Waals surface area (Å²) in [5, 5.41) is 4.44. The summed E-state index contributed by atoms with van der Waals surface area (Å²) in [5.41, 5.74) is 4.92. The standard InChI is InChI=1S/C14H13BrN2O3/c15-11-3-1-10-6-12(4-2-9(10)5-11)20-8-14(19)17-7-13(16)18/h1-6H,7-8H2,(H2,16,18)(H,17,19). The molecule has 2 aromatic carbocycles. The van der Waals surface area contributed by atoms with E-state index in [4.69, 9.17) is 10.5 Å². The summed E-state index contributed by atoms with van der Waals surface area (Å²) < 4.78 is 6.37. The number of fused-ring (bicyclic) bond motifs is 1. The highest BCUT2D eigenvalue weighted by Crippen LogP contribution is 2.23. The van der Waals surface area contributed by atoms with Gasteiger partial charge in [0.1, 0.15) is 5.75 Å². The summed E-state index contributed by atoms with van der Waals surface area (Å²) in [7, 11) is 0. The topological polar surface area (TPSA) is 81.4 Å². The fraction of sp³-hybridized carbons (Fsp3) is 0.143. The Morgan fingerprint density at radius 3 is 2.60 bits per heavy atom. The lowest BCUT2D eigenvalue weighted by molar-refractivity contribution is -0.126. The third-order valence-electron chi connectivity index (χ3n) is 2.60. The van der Waals surface area contributed by atoms with Crippen LogP contribution in [0.4, 0.5) is 0 Å². The van der Waals surface area contributed by atoms with Crippen LogP contribution in [0, 0.1) is 0 Å². The highest BCUT2D eigenvalue weighted by atomic mass is 79.9. The van der Waals surface area contributed by atoms with E-state index in [1.165, 1.54) is 0 Å². The maximum atomic E-state index is 11.4. The molecule has 0 fully saturated rings. The van der Waals surface area contributed by atoms with Crippen LogP contribution in [-0.2, 0) is 9.59 Å². The lowest BCUT2D eigenvalue weighted by atomic mass is 10.1. The van der Waals surface area contributed by atoms with Crippen molar-refractivity contribution in [3.8, 4) is 5.75 Å². The summed E-state index contributed by atoms with van der Waals surface area (Å²) in [6.07, 6.45) is 0. The van der Waals surface area contributed by atoms with Crippen molar-refractivity contribution >= 4 is 38.5 Å². The fourth-order valence-electron chi connectivity index (χ4n) is 1.67. The number of carbonyl (C=O) groups excluding carboxylic acids is 2. The fourth-order valence-corrected chi connectivity index (χ4v) is 2.05. The van der Waals surface area contributed by atoms with Crippen molar-refractivity contribution < 1.29 is 14.3 Å². The van der Waals surface area contributed by atoms with Gasteiger partial charge in [0.25, 0.3) is 5.91 Å². The summed E-state index contributed by atoms with van der Waals surface area (Å²) in [6.45, 7) is -0.344. The minimum atomic E-state index is -0.588. The molecular weight excluding hydrogens is 324 g/mol. The van der Waals surface area contributed by atoms with Crippen LogP contribution in [0.1, 0.15) is 0 Å². The van der Waals surface area contributed by atoms with Gasteiger partial charge in [-0.15, -0.1) is 0 Å². The summed E-state index contributed by atoms with van der Waals surface area (Å²) >= 11 is 3.41. The summed E-state index contributed by atoms with van der Waals surface area (Å²) in [4.78, 5) is 21.9. The van der Waals surface area contributed by atoms with Gasteiger partial charge in [0.05, 0.1) is 6.54 Å². The maximum absolute atomic E-state index is 11.4. The Kier molecular flexibility index (Phi) is 4.57. The Labute approximate surface area is 124 Å². The zero-order valence-corrected chi connectivity index (χ0v) is 12.1. The van der Waals surface area contributed by atoms with Crippen molar-refractivity contribution in [2.24, 2.45) is 5.73 Å². The number of amides is 2. The minimum Gasteiger partial charge on any atom is -0.484 e. The molecule has 0 heterocycles. The zero-order valence-electron chi connectivity index (χ0n) is 10.6. The molecule has 2 rings (SSSR count). The first-order valence-electron chi connectivity index (χ1n) is 5.92. The largest absolute Gasteiger partial charge is 0.484 e. The van der Waals surface area contributed by atoms with Crippen LogP contribution in [0.15, 0.2) is 40.9 Å². The Morgan fingerprint density at radius 2 is 1.85 bits per heavy atom. The smallest absolute Gasteiger partial charge is 0.258 e. The van der Waals surface area contributed by atoms with Crippen LogP contribution in [-0.4, -0.2) is 25.0 Å². The average molecular weight is 337 g/mol. The third-order valence-corrected chi connectivity index (χ3v) is 3.10. The normalized spacial score (nSPS) is 10.2. The molecule has 0 atom stereocenters. The Bertz CT molecular complexity index is 658. The molecule has 0 bridgehead atoms. The molecule has 0 aliphatic rings. The lowest BCUT2D eigenvalue weighted by Gasteiger charge is -2.07. The highest BCUT2D eigenvalue weighted by molar-refractivity contribution is 9.10. The molecule has 3 N–H and O–H groups in total. The zero-order chi connectivity index (χ0) is 14.5. The first-order chi connectivity index (χ1) is 9.54. The molecule has 6 heteroatoms. The number of hydrogen-bond donors (Lipinski definition) is 2. The third kappa shape index (κ3) is 3.96. The number of rotatable bonds is 5. The number of nitrogens with two attached hydrogens (primary N) is 1. The van der Waals surface area contributed by atoms with Crippen molar-refractivity contribution in [2.75, 3.05) is 13.2 Å². The van der Waals surface area contributed by atoms with E-state index in [0.717, 1.165) is 15.2 Å². The summed E-state index contributed by atoms with van der Waals surface area (Å²) in [6, 6.07) is 11.4. The van der Waals surface area contributed by atoms with E-state index in [1.54, 1.807) is 6.07 Å². The van der Waals surface area contributed by atoms with E-state index in [-0.39, 0.29) is 19.1 Å². The maximum Gasteiger partial charge on any atom is 0.258 e. The van der Waals surface area contributed by atoms with Crippen LogP contribution in [0.3, 0.4) is 0 Å². The molecule has 0 spiro atoms. The molecule has 5 nitrogen and oxygen atoms in total. The van der Waals surface area contributed by atoms with Crippen LogP contribution in [0.2, 0.25) is 0 Å². The van der Waals surface area contributed by atoms with Gasteiger partial charge in [0.15, 0.2) is 6.61 Å². The SMILES string of the molecule is NC(=O)CNC(=O)COc1ccc2cc(Br)ccc2c1. The predicted octanol–water partition coefficient (Wildman–Crippen LogP) is 1.58. The van der Waals surface area contributed by atoms with E-state index in [0.29, 0.717) is 5.75 Å². The van der Waals surface area contributed by atoms with E-state index in [2.05, 4.69) is 21.2 Å². The van der Waals surface area contributed by atoms with Gasteiger partial charge in [-0.1, -0.05) is 28.1 Å². The number of primary amides is 1. The quantitative estimate of drug-likeness (QED) is 0.869. The van der Waals surface area contributed by atoms with Crippen LogP contribution < -0.4 is 15.8 Å². The molecule has 0 aromatic heterocycles. The molecule has 20 heavy (non-hydrogen) atoms. The first kappa shape index (κ1) is 14.3. The van der Waals surface area contributed by atoms with Crippen molar-refractivity contribution in [1.82, 2.24) is 5.32 Å². The number of nitrogens with one attached hydrogen (secondary N) is 1. The molecule has 0 saturated heterocycles. The second-order valence-electron chi connectivity index (χ2n) is 4.18. The van der Waals surface area contributed by atoms with E-state index >= 15 is 0 Å². The first-order valence-corrected chi connectivity index (χ1v) is 6.71. The summed E-state index contributed by atoms with van der Waals surface area (Å²) in [5.74, 6) is -0.386. The van der Waals surface area contributed by atoms with Gasteiger partial charge in [-0.3, -0.25) is 9.59 Å². The van der Waals surface area contributed by atoms with Gasteiger partial charge in [-0.25, -0.2) is 0 Å². The molecule has 0 aliphatic heterocycles. The van der Waals surface area contributed by atoms with Crippen molar-refractivity contribution in [3.63, 3.8) is 0 Å². The highest BCUT2D eigenvalue weighted by Gasteiger charge is 2.04. The van der Waals surface area contributed by atoms with E-state index < -0.39 is 5.91 Å². The molecule has 0 unspecified atom stereocenters. The van der Waals surface area contributed by atoms with Crippen LogP contribution in [0.5, 0.6) is 5.75 Å². The van der Waals surface area contributed by atoms with E-state index in [1.807, 2.05) is 30.3 Å². The van der Waals surface area contributed by atoms with Gasteiger partial charge < -0.3 is 15.8 Å². The van der Waals surface area contributed by atoms with Crippen molar-refractivity contribution in [3.05, 3.63) is 40.9 Å². The minimum absolute atomic E-state index is 0.157. The number of hydrogen-bond acceptors (Lipinski definition) is 3. The molecule has 0 aliphatic carbocycles. The van der Waals surface area contributed by atoms with Crippen LogP contribution in [0.25, 0.3) is 10.8 Å². The van der Waals surface area contributed by atoms with Gasteiger partial charge in [-0.2, -0.15) is 0 Å². The second-order valence-corrected chi connectivity index (χ2v) is 5.10. The van der Waals surface area contributed by atoms with Gasteiger partial charge in [0.2, 0.25) is 5.91 Å². The second kappa shape index (κ2) is 6.38. The van der Waals surface area contributed by atoms with Crippen LogP contribution >= 0.6 is 15.9 Å². The molecule has 2 amide bonds. The average Bonchev–Trinajstić information content (AvgIpc) is 2.42. The van der Waals surface area contributed by atoms with Gasteiger partial charge in [0, 0.05) is 4.47 Å². The molecule has 2 aromatic rings. The van der Waals surface area contributed by atoms with Crippen molar-refractivity contribution in [2.45, 2.75) is 0 Å². The number of carbonyl (C=O) groups is 2. The monoisotopic (exact) mass is 336 g/mol. The van der Waals surface area contributed by atoms with E-state index in [9.17, 15) is 9.59 Å². The Morgan fingerprint density at radius 1 is 1.15 bits per heavy atom. The molecule has 104 valence electrons.